The van der Waals surface area contributed by atoms with Crippen molar-refractivity contribution < 1.29 is 14.3 Å². The van der Waals surface area contributed by atoms with E-state index < -0.39 is 0 Å². The van der Waals surface area contributed by atoms with Crippen molar-refractivity contribution in [2.45, 2.75) is 38.6 Å². The van der Waals surface area contributed by atoms with Crippen molar-refractivity contribution in [3.63, 3.8) is 0 Å². The molecule has 1 aliphatic heterocycles. The molecular weight excluding hydrogens is 344 g/mol. The normalized spacial score (nSPS) is 18.3. The molecule has 1 aliphatic carbocycles. The number of benzene rings is 1. The summed E-state index contributed by atoms with van der Waals surface area (Å²) in [7, 11) is 0. The maximum absolute atomic E-state index is 12.1. The number of para-hydroxylation sites is 2. The van der Waals surface area contributed by atoms with Gasteiger partial charge in [-0.15, -0.1) is 0 Å². The number of imide groups is 1. The summed E-state index contributed by atoms with van der Waals surface area (Å²) < 4.78 is 5.72. The van der Waals surface area contributed by atoms with Crippen LogP contribution in [-0.4, -0.2) is 62.2 Å². The van der Waals surface area contributed by atoms with E-state index in [0.717, 1.165) is 63.3 Å². The van der Waals surface area contributed by atoms with Crippen LogP contribution in [0.15, 0.2) is 24.3 Å². The minimum absolute atomic E-state index is 0.215. The Balaban J connectivity index is 1.42. The van der Waals surface area contributed by atoms with Crippen molar-refractivity contribution >= 4 is 17.6 Å². The van der Waals surface area contributed by atoms with E-state index in [1.165, 1.54) is 0 Å². The zero-order valence-corrected chi connectivity index (χ0v) is 16.1. The number of carbonyl (C=O) groups excluding carboxylic acids is 2. The molecule has 2 aliphatic rings. The van der Waals surface area contributed by atoms with E-state index in [1.54, 1.807) is 0 Å². The third-order valence-corrected chi connectivity index (χ3v) is 5.19. The van der Waals surface area contributed by atoms with Gasteiger partial charge in [-0.3, -0.25) is 15.0 Å². The predicted molar refractivity (Wildman–Crippen MR) is 105 cm³/mol. The quantitative estimate of drug-likeness (QED) is 0.796. The monoisotopic (exact) mass is 374 g/mol. The molecule has 0 radical (unpaired) electrons. The van der Waals surface area contributed by atoms with Crippen molar-refractivity contribution in [3.05, 3.63) is 24.3 Å². The Kier molecular flexibility index (Phi) is 6.92. The van der Waals surface area contributed by atoms with Gasteiger partial charge in [-0.05, 0) is 31.9 Å². The molecule has 0 unspecified atom stereocenters. The number of rotatable bonds is 6. The zero-order chi connectivity index (χ0) is 19.1. The van der Waals surface area contributed by atoms with Gasteiger partial charge >= 0.3 is 6.03 Å². The highest BCUT2D eigenvalue weighted by molar-refractivity contribution is 5.95. The van der Waals surface area contributed by atoms with Gasteiger partial charge in [-0.25, -0.2) is 4.79 Å². The Morgan fingerprint density at radius 3 is 2.52 bits per heavy atom. The summed E-state index contributed by atoms with van der Waals surface area (Å²) in [5.41, 5.74) is 1.10. The first kappa shape index (κ1) is 19.5. The molecular formula is C20H30N4O3. The van der Waals surface area contributed by atoms with E-state index in [0.29, 0.717) is 6.61 Å². The second-order valence-corrected chi connectivity index (χ2v) is 7.17. The van der Waals surface area contributed by atoms with Gasteiger partial charge in [0.05, 0.1) is 18.8 Å². The predicted octanol–water partition coefficient (Wildman–Crippen LogP) is 1.98. The molecule has 1 saturated carbocycles. The third kappa shape index (κ3) is 5.60. The number of urea groups is 1. The van der Waals surface area contributed by atoms with Crippen LogP contribution in [0.1, 0.15) is 32.6 Å². The SMILES string of the molecule is CCOc1ccccc1N1CCN(CC(=O)NC(=O)NC2CCCC2)CC1. The summed E-state index contributed by atoms with van der Waals surface area (Å²) in [4.78, 5) is 28.4. The van der Waals surface area contributed by atoms with Gasteiger partial charge in [0.15, 0.2) is 0 Å². The maximum atomic E-state index is 12.1. The fourth-order valence-electron chi connectivity index (χ4n) is 3.80. The molecule has 1 saturated heterocycles. The Hall–Kier alpha value is -2.28. The minimum Gasteiger partial charge on any atom is -0.492 e. The molecule has 7 nitrogen and oxygen atoms in total. The molecule has 1 aromatic carbocycles. The first-order chi connectivity index (χ1) is 13.2. The molecule has 0 atom stereocenters. The van der Waals surface area contributed by atoms with Gasteiger partial charge in [-0.2, -0.15) is 0 Å². The van der Waals surface area contributed by atoms with E-state index >= 15 is 0 Å². The number of hydrogen-bond acceptors (Lipinski definition) is 5. The average Bonchev–Trinajstić information content (AvgIpc) is 3.16. The summed E-state index contributed by atoms with van der Waals surface area (Å²) in [5.74, 6) is 0.656. The van der Waals surface area contributed by atoms with Gasteiger partial charge < -0.3 is 15.0 Å². The van der Waals surface area contributed by atoms with E-state index in [2.05, 4.69) is 26.5 Å². The summed E-state index contributed by atoms with van der Waals surface area (Å²) in [6, 6.07) is 7.90. The summed E-state index contributed by atoms with van der Waals surface area (Å²) in [6.45, 7) is 6.07. The molecule has 0 spiro atoms. The van der Waals surface area contributed by atoms with Crippen molar-refractivity contribution in [1.29, 1.82) is 0 Å². The van der Waals surface area contributed by atoms with Crippen LogP contribution in [0.5, 0.6) is 5.75 Å². The first-order valence-corrected chi connectivity index (χ1v) is 9.95. The molecule has 0 bridgehead atoms. The van der Waals surface area contributed by atoms with Crippen LogP contribution in [-0.2, 0) is 4.79 Å². The molecule has 2 fully saturated rings. The zero-order valence-electron chi connectivity index (χ0n) is 16.1. The van der Waals surface area contributed by atoms with Crippen LogP contribution < -0.4 is 20.3 Å². The van der Waals surface area contributed by atoms with E-state index in [4.69, 9.17) is 4.74 Å². The second-order valence-electron chi connectivity index (χ2n) is 7.17. The molecule has 148 valence electrons. The summed E-state index contributed by atoms with van der Waals surface area (Å²) in [5, 5.41) is 5.34. The van der Waals surface area contributed by atoms with Crippen LogP contribution in [0.2, 0.25) is 0 Å². The van der Waals surface area contributed by atoms with Crippen molar-refractivity contribution in [2.75, 3.05) is 44.2 Å². The molecule has 1 heterocycles. The van der Waals surface area contributed by atoms with Crippen LogP contribution in [0.3, 0.4) is 0 Å². The summed E-state index contributed by atoms with van der Waals surface area (Å²) in [6.07, 6.45) is 4.31. The van der Waals surface area contributed by atoms with Crippen LogP contribution in [0.4, 0.5) is 10.5 Å². The summed E-state index contributed by atoms with van der Waals surface area (Å²) >= 11 is 0. The molecule has 3 amide bonds. The van der Waals surface area contributed by atoms with Gasteiger partial charge in [0.1, 0.15) is 5.75 Å². The molecule has 27 heavy (non-hydrogen) atoms. The highest BCUT2D eigenvalue weighted by atomic mass is 16.5. The smallest absolute Gasteiger partial charge is 0.321 e. The lowest BCUT2D eigenvalue weighted by molar-refractivity contribution is -0.121. The number of ether oxygens (including phenoxy) is 1. The highest BCUT2D eigenvalue weighted by Crippen LogP contribution is 2.28. The minimum atomic E-state index is -0.365. The van der Waals surface area contributed by atoms with E-state index in [-0.39, 0.29) is 24.5 Å². The molecule has 2 N–H and O–H groups in total. The number of amides is 3. The van der Waals surface area contributed by atoms with Crippen molar-refractivity contribution in [1.82, 2.24) is 15.5 Å². The van der Waals surface area contributed by atoms with Crippen LogP contribution in [0.25, 0.3) is 0 Å². The number of carbonyl (C=O) groups is 2. The fourth-order valence-corrected chi connectivity index (χ4v) is 3.80. The maximum Gasteiger partial charge on any atom is 0.321 e. The molecule has 1 aromatic rings. The molecule has 0 aromatic heterocycles. The number of anilines is 1. The van der Waals surface area contributed by atoms with E-state index in [9.17, 15) is 9.59 Å². The topological polar surface area (TPSA) is 73.9 Å². The third-order valence-electron chi connectivity index (χ3n) is 5.19. The number of piperazine rings is 1. The largest absolute Gasteiger partial charge is 0.492 e. The highest BCUT2D eigenvalue weighted by Gasteiger charge is 2.23. The van der Waals surface area contributed by atoms with Crippen molar-refractivity contribution in [3.8, 4) is 5.75 Å². The Labute approximate surface area is 161 Å². The van der Waals surface area contributed by atoms with Crippen molar-refractivity contribution in [2.24, 2.45) is 0 Å². The van der Waals surface area contributed by atoms with Gasteiger partial charge in [0, 0.05) is 32.2 Å². The van der Waals surface area contributed by atoms with Gasteiger partial charge in [0.2, 0.25) is 5.91 Å². The van der Waals surface area contributed by atoms with Gasteiger partial charge in [0.25, 0.3) is 0 Å². The first-order valence-electron chi connectivity index (χ1n) is 9.95. The average molecular weight is 374 g/mol. The lowest BCUT2D eigenvalue weighted by Crippen LogP contribution is -2.51. The number of nitrogens with zero attached hydrogens (tertiary/aromatic N) is 2. The Morgan fingerprint density at radius 2 is 1.81 bits per heavy atom. The van der Waals surface area contributed by atoms with Crippen LogP contribution in [0, 0.1) is 0 Å². The molecule has 7 heteroatoms. The van der Waals surface area contributed by atoms with Gasteiger partial charge in [-0.1, -0.05) is 25.0 Å². The van der Waals surface area contributed by atoms with Crippen LogP contribution >= 0.6 is 0 Å². The Morgan fingerprint density at radius 1 is 1.11 bits per heavy atom. The fraction of sp³-hybridized carbons (Fsp3) is 0.600. The lowest BCUT2D eigenvalue weighted by Gasteiger charge is -2.36. The lowest BCUT2D eigenvalue weighted by atomic mass is 10.2. The Bertz CT molecular complexity index is 638. The number of hydrogen-bond donors (Lipinski definition) is 2. The van der Waals surface area contributed by atoms with E-state index in [1.807, 2.05) is 25.1 Å². The second kappa shape index (κ2) is 9.60. The number of nitrogens with one attached hydrogen (secondary N) is 2. The molecule has 3 rings (SSSR count). The standard InChI is InChI=1S/C20H30N4O3/c1-2-27-18-10-6-5-9-17(18)24-13-11-23(12-14-24)15-19(25)22-20(26)21-16-7-3-4-8-16/h5-6,9-10,16H,2-4,7-8,11-15H2,1H3,(H2,21,22,25,26).